The van der Waals surface area contributed by atoms with Crippen molar-refractivity contribution < 1.29 is 0 Å². The summed E-state index contributed by atoms with van der Waals surface area (Å²) in [6.07, 6.45) is 0.964. The molecule has 0 amide bonds. The number of nitrogens with zero attached hydrogens (tertiary/aromatic N) is 3. The summed E-state index contributed by atoms with van der Waals surface area (Å²) in [5.41, 5.74) is 15.5. The standard InChI is InChI=1S/C55H39N3S/c1-5-17-41(18-6-1)56(42-19-7-2-8-20-42)45-25-15-26-46(35-45)58(47-29-28-40-34-39-16-13-14-27-50(39)52(40)36-47)49-30-32-51-53-37-48(31-33-54(53)59-55(51)38-49)57(43-21-9-3-10-22-43)44-23-11-4-12-24-44/h1-33,35-38H,34H2. The van der Waals surface area contributed by atoms with Crippen LogP contribution in [0.25, 0.3) is 31.3 Å². The van der Waals surface area contributed by atoms with Gasteiger partial charge < -0.3 is 14.7 Å². The topological polar surface area (TPSA) is 9.72 Å². The quantitative estimate of drug-likeness (QED) is 0.145. The van der Waals surface area contributed by atoms with E-state index in [2.05, 4.69) is 239 Å². The minimum Gasteiger partial charge on any atom is -0.310 e. The number of fused-ring (bicyclic) bond motifs is 6. The fourth-order valence-corrected chi connectivity index (χ4v) is 9.82. The van der Waals surface area contributed by atoms with Crippen LogP contribution in [0.3, 0.4) is 0 Å². The second-order valence-corrected chi connectivity index (χ2v) is 16.1. The Morgan fingerprint density at radius 2 is 0.712 bits per heavy atom. The van der Waals surface area contributed by atoms with Crippen LogP contribution in [-0.2, 0) is 6.42 Å². The third-order valence-corrected chi connectivity index (χ3v) is 12.5. The first-order valence-corrected chi connectivity index (χ1v) is 20.9. The van der Waals surface area contributed by atoms with Gasteiger partial charge in [0.2, 0.25) is 0 Å². The molecule has 1 heterocycles. The molecule has 0 unspecified atom stereocenters. The lowest BCUT2D eigenvalue weighted by molar-refractivity contribution is 1.24. The maximum Gasteiger partial charge on any atom is 0.0482 e. The second-order valence-electron chi connectivity index (χ2n) is 15.0. The molecule has 0 radical (unpaired) electrons. The van der Waals surface area contributed by atoms with E-state index in [-0.39, 0.29) is 0 Å². The van der Waals surface area contributed by atoms with Crippen LogP contribution in [0, 0.1) is 0 Å². The Bertz CT molecular complexity index is 3010. The molecule has 0 spiro atoms. The van der Waals surface area contributed by atoms with Crippen LogP contribution in [0.4, 0.5) is 51.2 Å². The van der Waals surface area contributed by atoms with Crippen LogP contribution in [0.5, 0.6) is 0 Å². The van der Waals surface area contributed by atoms with Gasteiger partial charge in [-0.3, -0.25) is 0 Å². The van der Waals surface area contributed by atoms with Crippen molar-refractivity contribution in [2.75, 3.05) is 14.7 Å². The predicted molar refractivity (Wildman–Crippen MR) is 252 cm³/mol. The van der Waals surface area contributed by atoms with Gasteiger partial charge in [-0.25, -0.2) is 0 Å². The summed E-state index contributed by atoms with van der Waals surface area (Å²) >= 11 is 1.86. The average Bonchev–Trinajstić information content (AvgIpc) is 3.86. The van der Waals surface area contributed by atoms with E-state index in [0.29, 0.717) is 0 Å². The van der Waals surface area contributed by atoms with Crippen LogP contribution in [-0.4, -0.2) is 0 Å². The summed E-state index contributed by atoms with van der Waals surface area (Å²) < 4.78 is 2.52. The molecule has 280 valence electrons. The Hall–Kier alpha value is -7.40. The molecule has 0 N–H and O–H groups in total. The largest absolute Gasteiger partial charge is 0.310 e. The van der Waals surface area contributed by atoms with Gasteiger partial charge in [-0.15, -0.1) is 11.3 Å². The highest BCUT2D eigenvalue weighted by molar-refractivity contribution is 7.25. The maximum absolute atomic E-state index is 2.43. The summed E-state index contributed by atoms with van der Waals surface area (Å²) in [5, 5.41) is 2.52. The van der Waals surface area contributed by atoms with Crippen molar-refractivity contribution in [3.8, 4) is 11.1 Å². The summed E-state index contributed by atoms with van der Waals surface area (Å²) in [4.78, 5) is 7.11. The Kier molecular flexibility index (Phi) is 8.76. The molecule has 0 bridgehead atoms. The molecule has 10 aromatic rings. The lowest BCUT2D eigenvalue weighted by Gasteiger charge is -2.29. The van der Waals surface area contributed by atoms with Crippen molar-refractivity contribution >= 4 is 82.7 Å². The molecule has 1 aromatic heterocycles. The SMILES string of the molecule is c1ccc(N(c2ccccc2)c2cccc(N(c3ccc4c(c3)-c3ccccc3C4)c3ccc4c(c3)sc3ccc(N(c5ccccc5)c5ccccc5)cc34)c2)cc1. The Morgan fingerprint density at radius 1 is 0.271 bits per heavy atom. The number of para-hydroxylation sites is 4. The third kappa shape index (κ3) is 6.41. The van der Waals surface area contributed by atoms with Crippen LogP contribution in [0.1, 0.15) is 11.1 Å². The van der Waals surface area contributed by atoms with Gasteiger partial charge in [0.05, 0.1) is 0 Å². The molecular weight excluding hydrogens is 735 g/mol. The number of benzene rings is 9. The van der Waals surface area contributed by atoms with E-state index >= 15 is 0 Å². The highest BCUT2D eigenvalue weighted by atomic mass is 32.1. The Morgan fingerprint density at radius 3 is 1.32 bits per heavy atom. The molecule has 3 nitrogen and oxygen atoms in total. The van der Waals surface area contributed by atoms with Crippen LogP contribution in [0.2, 0.25) is 0 Å². The van der Waals surface area contributed by atoms with Gasteiger partial charge in [0.15, 0.2) is 0 Å². The molecule has 0 saturated heterocycles. The highest BCUT2D eigenvalue weighted by Crippen LogP contribution is 2.47. The number of rotatable bonds is 9. The van der Waals surface area contributed by atoms with E-state index in [4.69, 9.17) is 0 Å². The summed E-state index contributed by atoms with van der Waals surface area (Å²) in [6.45, 7) is 0. The molecule has 0 fully saturated rings. The molecule has 1 aliphatic carbocycles. The molecule has 9 aromatic carbocycles. The maximum atomic E-state index is 2.43. The summed E-state index contributed by atoms with van der Waals surface area (Å²) in [6, 6.07) is 81.2. The normalized spacial score (nSPS) is 11.7. The van der Waals surface area contributed by atoms with Gasteiger partial charge in [-0.1, -0.05) is 115 Å². The summed E-state index contributed by atoms with van der Waals surface area (Å²) in [5.74, 6) is 0. The minimum atomic E-state index is 0.964. The van der Waals surface area contributed by atoms with Gasteiger partial charge in [-0.2, -0.15) is 0 Å². The van der Waals surface area contributed by atoms with Gasteiger partial charge in [0, 0.05) is 71.4 Å². The number of hydrogen-bond donors (Lipinski definition) is 0. The predicted octanol–water partition coefficient (Wildman–Crippen LogP) is 16.0. The highest BCUT2D eigenvalue weighted by Gasteiger charge is 2.23. The molecular formula is C55H39N3S. The fourth-order valence-electron chi connectivity index (χ4n) is 8.70. The van der Waals surface area contributed by atoms with Crippen LogP contribution < -0.4 is 14.7 Å². The van der Waals surface area contributed by atoms with Gasteiger partial charge >= 0.3 is 0 Å². The lowest BCUT2D eigenvalue weighted by Crippen LogP contribution is -2.13. The van der Waals surface area contributed by atoms with E-state index < -0.39 is 0 Å². The first-order chi connectivity index (χ1) is 29.2. The van der Waals surface area contributed by atoms with Gasteiger partial charge in [-0.05, 0) is 138 Å². The van der Waals surface area contributed by atoms with Crippen LogP contribution >= 0.6 is 11.3 Å². The van der Waals surface area contributed by atoms with E-state index in [1.165, 1.54) is 42.4 Å². The van der Waals surface area contributed by atoms with Crippen molar-refractivity contribution in [2.45, 2.75) is 6.42 Å². The van der Waals surface area contributed by atoms with E-state index in [0.717, 1.165) is 57.6 Å². The number of anilines is 9. The van der Waals surface area contributed by atoms with E-state index in [1.54, 1.807) is 0 Å². The molecule has 11 rings (SSSR count). The molecule has 0 atom stereocenters. The minimum absolute atomic E-state index is 0.964. The zero-order chi connectivity index (χ0) is 39.1. The number of hydrogen-bond acceptors (Lipinski definition) is 4. The molecule has 1 aliphatic rings. The molecule has 4 heteroatoms. The monoisotopic (exact) mass is 773 g/mol. The average molecular weight is 774 g/mol. The zero-order valence-corrected chi connectivity index (χ0v) is 33.1. The van der Waals surface area contributed by atoms with E-state index in [9.17, 15) is 0 Å². The first-order valence-electron chi connectivity index (χ1n) is 20.1. The second kappa shape index (κ2) is 14.8. The van der Waals surface area contributed by atoms with Crippen molar-refractivity contribution in [2.24, 2.45) is 0 Å². The Labute approximate surface area is 348 Å². The van der Waals surface area contributed by atoms with Crippen molar-refractivity contribution in [3.05, 3.63) is 236 Å². The van der Waals surface area contributed by atoms with E-state index in [1.807, 2.05) is 11.3 Å². The van der Waals surface area contributed by atoms with Gasteiger partial charge in [0.1, 0.15) is 0 Å². The van der Waals surface area contributed by atoms with Crippen molar-refractivity contribution in [1.29, 1.82) is 0 Å². The number of thiophene rings is 1. The first kappa shape index (κ1) is 34.8. The van der Waals surface area contributed by atoms with Crippen molar-refractivity contribution in [3.63, 3.8) is 0 Å². The lowest BCUT2D eigenvalue weighted by atomic mass is 10.0. The van der Waals surface area contributed by atoms with Gasteiger partial charge in [0.25, 0.3) is 0 Å². The molecule has 59 heavy (non-hydrogen) atoms. The van der Waals surface area contributed by atoms with Crippen molar-refractivity contribution in [1.82, 2.24) is 0 Å². The fraction of sp³-hybridized carbons (Fsp3) is 0.0182. The summed E-state index contributed by atoms with van der Waals surface area (Å²) in [7, 11) is 0. The molecule has 0 saturated carbocycles. The third-order valence-electron chi connectivity index (χ3n) is 11.4. The molecule has 0 aliphatic heterocycles. The van der Waals surface area contributed by atoms with Crippen LogP contribution in [0.15, 0.2) is 224 Å². The Balaban J connectivity index is 1.06. The zero-order valence-electron chi connectivity index (χ0n) is 32.3. The smallest absolute Gasteiger partial charge is 0.0482 e.